The first-order valence-corrected chi connectivity index (χ1v) is 6.30. The molecule has 3 nitrogen and oxygen atoms in total. The predicted molar refractivity (Wildman–Crippen MR) is 71.6 cm³/mol. The number of nitrogens with one attached hydrogen (secondary N) is 1. The van der Waals surface area contributed by atoms with E-state index in [2.05, 4.69) is 49.2 Å². The zero-order chi connectivity index (χ0) is 12.4. The summed E-state index contributed by atoms with van der Waals surface area (Å²) >= 11 is 0. The summed E-state index contributed by atoms with van der Waals surface area (Å²) < 4.78 is 0. The molecule has 0 bridgehead atoms. The van der Waals surface area contributed by atoms with E-state index >= 15 is 0 Å². The van der Waals surface area contributed by atoms with Gasteiger partial charge in [-0.1, -0.05) is 17.7 Å². The van der Waals surface area contributed by atoms with Gasteiger partial charge >= 0.3 is 0 Å². The third kappa shape index (κ3) is 2.99. The lowest BCUT2D eigenvalue weighted by Crippen LogP contribution is -2.35. The lowest BCUT2D eigenvalue weighted by atomic mass is 10.1. The van der Waals surface area contributed by atoms with Crippen LogP contribution in [0.3, 0.4) is 0 Å². The van der Waals surface area contributed by atoms with E-state index in [4.69, 9.17) is 0 Å². The molecule has 2 atom stereocenters. The lowest BCUT2D eigenvalue weighted by molar-refractivity contribution is 0.183. The Morgan fingerprint density at radius 3 is 2.76 bits per heavy atom. The van der Waals surface area contributed by atoms with Gasteiger partial charge in [-0.15, -0.1) is 0 Å². The van der Waals surface area contributed by atoms with E-state index in [9.17, 15) is 5.11 Å². The van der Waals surface area contributed by atoms with E-state index in [-0.39, 0.29) is 6.10 Å². The first-order valence-electron chi connectivity index (χ1n) is 6.30. The summed E-state index contributed by atoms with van der Waals surface area (Å²) in [4.78, 5) is 2.28. The van der Waals surface area contributed by atoms with Crippen LogP contribution in [-0.2, 0) is 0 Å². The van der Waals surface area contributed by atoms with Crippen molar-refractivity contribution >= 4 is 5.69 Å². The SMILES string of the molecule is Cc1ccc(N2CC(O)CNC(C)C2)c(C)c1. The molecule has 2 rings (SSSR count). The van der Waals surface area contributed by atoms with Crippen molar-refractivity contribution < 1.29 is 5.11 Å². The van der Waals surface area contributed by atoms with Crippen LogP contribution in [0.1, 0.15) is 18.1 Å². The number of rotatable bonds is 1. The van der Waals surface area contributed by atoms with E-state index in [0.717, 1.165) is 6.54 Å². The summed E-state index contributed by atoms with van der Waals surface area (Å²) in [6, 6.07) is 6.91. The summed E-state index contributed by atoms with van der Waals surface area (Å²) in [7, 11) is 0. The van der Waals surface area contributed by atoms with E-state index in [1.165, 1.54) is 16.8 Å². The number of aryl methyl sites for hydroxylation is 2. The second kappa shape index (κ2) is 5.07. The van der Waals surface area contributed by atoms with Crippen molar-refractivity contribution in [1.29, 1.82) is 0 Å². The van der Waals surface area contributed by atoms with Crippen LogP contribution in [-0.4, -0.2) is 36.9 Å². The number of anilines is 1. The Hall–Kier alpha value is -1.06. The molecule has 0 amide bonds. The smallest absolute Gasteiger partial charge is 0.0839 e. The van der Waals surface area contributed by atoms with Crippen molar-refractivity contribution in [2.75, 3.05) is 24.5 Å². The van der Waals surface area contributed by atoms with Crippen molar-refractivity contribution in [3.8, 4) is 0 Å². The molecule has 0 aromatic heterocycles. The molecule has 1 saturated heterocycles. The Labute approximate surface area is 103 Å². The van der Waals surface area contributed by atoms with Gasteiger partial charge in [-0.2, -0.15) is 0 Å². The monoisotopic (exact) mass is 234 g/mol. The highest BCUT2D eigenvalue weighted by molar-refractivity contribution is 5.54. The molecule has 2 unspecified atom stereocenters. The van der Waals surface area contributed by atoms with Crippen LogP contribution in [0, 0.1) is 13.8 Å². The Balaban J connectivity index is 2.24. The van der Waals surface area contributed by atoms with Crippen molar-refractivity contribution in [2.24, 2.45) is 0 Å². The van der Waals surface area contributed by atoms with Crippen molar-refractivity contribution in [3.63, 3.8) is 0 Å². The molecule has 17 heavy (non-hydrogen) atoms. The van der Waals surface area contributed by atoms with Gasteiger partial charge in [0, 0.05) is 31.4 Å². The average Bonchev–Trinajstić information content (AvgIpc) is 2.40. The zero-order valence-electron chi connectivity index (χ0n) is 10.9. The van der Waals surface area contributed by atoms with Gasteiger partial charge in [0.05, 0.1) is 6.10 Å². The summed E-state index contributed by atoms with van der Waals surface area (Å²) in [5.41, 5.74) is 3.81. The average molecular weight is 234 g/mol. The minimum absolute atomic E-state index is 0.291. The molecule has 1 fully saturated rings. The standard InChI is InChI=1S/C14H22N2O/c1-10-4-5-14(11(2)6-10)16-8-12(3)15-7-13(17)9-16/h4-6,12-13,15,17H,7-9H2,1-3H3. The number of aliphatic hydroxyl groups is 1. The van der Waals surface area contributed by atoms with Gasteiger partial charge in [0.1, 0.15) is 0 Å². The first kappa shape index (κ1) is 12.4. The fourth-order valence-electron chi connectivity index (χ4n) is 2.48. The molecule has 1 aromatic rings. The van der Waals surface area contributed by atoms with Gasteiger partial charge in [-0.25, -0.2) is 0 Å². The second-order valence-corrected chi connectivity index (χ2v) is 5.16. The lowest BCUT2D eigenvalue weighted by Gasteiger charge is -2.27. The molecular weight excluding hydrogens is 212 g/mol. The molecule has 0 saturated carbocycles. The minimum Gasteiger partial charge on any atom is -0.390 e. The molecule has 0 spiro atoms. The molecular formula is C14H22N2O. The van der Waals surface area contributed by atoms with Crippen LogP contribution in [0.5, 0.6) is 0 Å². The van der Waals surface area contributed by atoms with Crippen molar-refractivity contribution in [1.82, 2.24) is 5.32 Å². The van der Waals surface area contributed by atoms with E-state index in [0.29, 0.717) is 19.1 Å². The number of nitrogens with zero attached hydrogens (tertiary/aromatic N) is 1. The first-order chi connectivity index (χ1) is 8.06. The third-order valence-corrected chi connectivity index (χ3v) is 3.32. The minimum atomic E-state index is -0.291. The molecule has 2 N–H and O–H groups in total. The summed E-state index contributed by atoms with van der Waals surface area (Å²) in [5.74, 6) is 0. The quantitative estimate of drug-likeness (QED) is 0.772. The number of hydrogen-bond donors (Lipinski definition) is 2. The fourth-order valence-corrected chi connectivity index (χ4v) is 2.48. The highest BCUT2D eigenvalue weighted by atomic mass is 16.3. The number of hydrogen-bond acceptors (Lipinski definition) is 3. The molecule has 3 heteroatoms. The molecule has 1 heterocycles. The van der Waals surface area contributed by atoms with Gasteiger partial charge in [-0.05, 0) is 32.4 Å². The van der Waals surface area contributed by atoms with Crippen LogP contribution in [0.2, 0.25) is 0 Å². The summed E-state index contributed by atoms with van der Waals surface area (Å²) in [6.07, 6.45) is -0.291. The van der Waals surface area contributed by atoms with Crippen LogP contribution in [0.25, 0.3) is 0 Å². The Morgan fingerprint density at radius 2 is 2.06 bits per heavy atom. The Morgan fingerprint density at radius 1 is 1.29 bits per heavy atom. The van der Waals surface area contributed by atoms with Gasteiger partial charge in [-0.3, -0.25) is 0 Å². The maximum atomic E-state index is 9.88. The zero-order valence-corrected chi connectivity index (χ0v) is 10.9. The van der Waals surface area contributed by atoms with Crippen molar-refractivity contribution in [2.45, 2.75) is 32.9 Å². The number of aliphatic hydroxyl groups excluding tert-OH is 1. The topological polar surface area (TPSA) is 35.5 Å². The highest BCUT2D eigenvalue weighted by Crippen LogP contribution is 2.22. The Bertz CT molecular complexity index is 380. The molecule has 1 aromatic carbocycles. The van der Waals surface area contributed by atoms with E-state index < -0.39 is 0 Å². The number of benzene rings is 1. The molecule has 1 aliphatic heterocycles. The summed E-state index contributed by atoms with van der Waals surface area (Å²) in [5, 5.41) is 13.2. The highest BCUT2D eigenvalue weighted by Gasteiger charge is 2.20. The fraction of sp³-hybridized carbons (Fsp3) is 0.571. The van der Waals surface area contributed by atoms with Gasteiger partial charge in [0.2, 0.25) is 0 Å². The van der Waals surface area contributed by atoms with Crippen LogP contribution >= 0.6 is 0 Å². The largest absolute Gasteiger partial charge is 0.390 e. The van der Waals surface area contributed by atoms with Crippen LogP contribution in [0.4, 0.5) is 5.69 Å². The maximum Gasteiger partial charge on any atom is 0.0839 e. The van der Waals surface area contributed by atoms with E-state index in [1.807, 2.05) is 0 Å². The molecule has 1 aliphatic rings. The van der Waals surface area contributed by atoms with Gasteiger partial charge in [0.25, 0.3) is 0 Å². The Kier molecular flexibility index (Phi) is 3.69. The molecule has 94 valence electrons. The summed E-state index contributed by atoms with van der Waals surface area (Å²) in [6.45, 7) is 8.75. The second-order valence-electron chi connectivity index (χ2n) is 5.16. The predicted octanol–water partition coefficient (Wildman–Crippen LogP) is 1.46. The van der Waals surface area contributed by atoms with Gasteiger partial charge < -0.3 is 15.3 Å². The third-order valence-electron chi connectivity index (χ3n) is 3.32. The van der Waals surface area contributed by atoms with Crippen molar-refractivity contribution in [3.05, 3.63) is 29.3 Å². The normalized spacial score (nSPS) is 25.8. The number of β-amino-alcohol motifs (C(OH)–C–C–N with tert-alkyl or cyclic N) is 1. The van der Waals surface area contributed by atoms with E-state index in [1.54, 1.807) is 0 Å². The van der Waals surface area contributed by atoms with Crippen LogP contribution < -0.4 is 10.2 Å². The molecule has 0 aliphatic carbocycles. The van der Waals surface area contributed by atoms with Gasteiger partial charge in [0.15, 0.2) is 0 Å². The van der Waals surface area contributed by atoms with Crippen LogP contribution in [0.15, 0.2) is 18.2 Å². The molecule has 0 radical (unpaired) electrons. The maximum absolute atomic E-state index is 9.88.